The summed E-state index contributed by atoms with van der Waals surface area (Å²) in [5.74, 6) is -10.5. The number of alkyl halides is 11. The topological polar surface area (TPSA) is 9.23 Å². The van der Waals surface area contributed by atoms with E-state index in [-0.39, 0.29) is 18.3 Å². The van der Waals surface area contributed by atoms with Gasteiger partial charge in [0, 0.05) is 5.92 Å². The molecule has 4 aliphatic rings. The average molecular weight is 573 g/mol. The van der Waals surface area contributed by atoms with Crippen LogP contribution >= 0.6 is 0 Å². The highest BCUT2D eigenvalue weighted by Gasteiger charge is 2.61. The Bertz CT molecular complexity index is 755. The van der Waals surface area contributed by atoms with Crippen molar-refractivity contribution >= 4 is 0 Å². The standard InChI is InChI=1S/C26H35F11O/c27-16-3-1-2-12(6-16)13-4-5-17(18(28)7-13)14-8-19(29)23(20(30)9-14)25(33,34)15-10-21(31)24(22(32)11-15)38-26(35,36)37/h12-24H,1-11H2. The number of hydrogen-bond donors (Lipinski definition) is 0. The number of hydrogen-bond acceptors (Lipinski definition) is 1. The Morgan fingerprint density at radius 3 is 1.61 bits per heavy atom. The highest BCUT2D eigenvalue weighted by Crippen LogP contribution is 2.53. The smallest absolute Gasteiger partial charge is 0.282 e. The second kappa shape index (κ2) is 11.6. The lowest BCUT2D eigenvalue weighted by atomic mass is 9.62. The van der Waals surface area contributed by atoms with Gasteiger partial charge in [-0.1, -0.05) is 6.42 Å². The van der Waals surface area contributed by atoms with E-state index in [1.165, 1.54) is 0 Å². The summed E-state index contributed by atoms with van der Waals surface area (Å²) >= 11 is 0. The first-order chi connectivity index (χ1) is 17.7. The SMILES string of the molecule is FC1CCCC(C2CCC(C3CC(F)C(C(F)(F)C4CC(F)C(OC(F)(F)F)C(F)C4)C(F)C3)C(F)C2)C1. The zero-order chi connectivity index (χ0) is 28.0. The average Bonchev–Trinajstić information content (AvgIpc) is 2.80. The van der Waals surface area contributed by atoms with Crippen LogP contribution in [-0.4, -0.2) is 55.4 Å². The van der Waals surface area contributed by atoms with E-state index in [0.717, 1.165) is 12.8 Å². The van der Waals surface area contributed by atoms with Gasteiger partial charge in [-0.2, -0.15) is 0 Å². The van der Waals surface area contributed by atoms with E-state index >= 15 is 22.0 Å². The molecule has 0 N–H and O–H groups in total. The fourth-order valence-electron chi connectivity index (χ4n) is 7.77. The molecule has 0 saturated heterocycles. The van der Waals surface area contributed by atoms with Gasteiger partial charge >= 0.3 is 6.36 Å². The molecule has 0 radical (unpaired) electrons. The first kappa shape index (κ1) is 30.2. The highest BCUT2D eigenvalue weighted by molar-refractivity contribution is 5.03. The summed E-state index contributed by atoms with van der Waals surface area (Å²) in [5, 5.41) is 0. The summed E-state index contributed by atoms with van der Waals surface area (Å²) in [6.07, 6.45) is -20.6. The third kappa shape index (κ3) is 6.56. The molecule has 1 nitrogen and oxygen atoms in total. The zero-order valence-electron chi connectivity index (χ0n) is 20.8. The molecule has 9 unspecified atom stereocenters. The Labute approximate surface area is 215 Å². The molecular weight excluding hydrogens is 537 g/mol. The fraction of sp³-hybridized carbons (Fsp3) is 1.00. The minimum atomic E-state index is -5.37. The summed E-state index contributed by atoms with van der Waals surface area (Å²) in [6, 6.07) is 0. The maximum absolute atomic E-state index is 15.3. The van der Waals surface area contributed by atoms with Gasteiger partial charge in [0.15, 0.2) is 0 Å². The van der Waals surface area contributed by atoms with Crippen LogP contribution in [0.2, 0.25) is 0 Å². The van der Waals surface area contributed by atoms with Gasteiger partial charge in [-0.05, 0) is 87.9 Å². The van der Waals surface area contributed by atoms with Crippen LogP contribution in [-0.2, 0) is 4.74 Å². The summed E-state index contributed by atoms with van der Waals surface area (Å²) in [6.45, 7) is 0. The second-order valence-electron chi connectivity index (χ2n) is 12.0. The normalized spacial score (nSPS) is 47.6. The van der Waals surface area contributed by atoms with E-state index in [4.69, 9.17) is 0 Å². The van der Waals surface area contributed by atoms with E-state index in [2.05, 4.69) is 4.74 Å². The maximum atomic E-state index is 15.3. The lowest BCUT2D eigenvalue weighted by Crippen LogP contribution is -2.55. The molecule has 4 fully saturated rings. The van der Waals surface area contributed by atoms with Gasteiger partial charge in [-0.3, -0.25) is 4.74 Å². The van der Waals surface area contributed by atoms with E-state index in [0.29, 0.717) is 25.7 Å². The second-order valence-corrected chi connectivity index (χ2v) is 12.0. The van der Waals surface area contributed by atoms with Crippen LogP contribution in [0.3, 0.4) is 0 Å². The molecule has 0 aliphatic heterocycles. The molecule has 0 aromatic heterocycles. The van der Waals surface area contributed by atoms with Crippen molar-refractivity contribution in [2.45, 2.75) is 126 Å². The molecule has 9 atom stereocenters. The monoisotopic (exact) mass is 572 g/mol. The molecule has 222 valence electrons. The van der Waals surface area contributed by atoms with Crippen LogP contribution in [0.5, 0.6) is 0 Å². The van der Waals surface area contributed by atoms with E-state index in [1.54, 1.807) is 0 Å². The van der Waals surface area contributed by atoms with Crippen molar-refractivity contribution in [3.05, 3.63) is 0 Å². The quantitative estimate of drug-likeness (QED) is 0.300. The van der Waals surface area contributed by atoms with Crippen LogP contribution in [0.15, 0.2) is 0 Å². The summed E-state index contributed by atoms with van der Waals surface area (Å²) in [4.78, 5) is 0. The summed E-state index contributed by atoms with van der Waals surface area (Å²) < 4.78 is 159. The van der Waals surface area contributed by atoms with E-state index < -0.39 is 105 Å². The third-order valence-corrected chi connectivity index (χ3v) is 9.61. The number of ether oxygens (including phenoxy) is 1. The van der Waals surface area contributed by atoms with Crippen molar-refractivity contribution in [2.75, 3.05) is 0 Å². The fourth-order valence-corrected chi connectivity index (χ4v) is 7.77. The number of halogens is 11. The van der Waals surface area contributed by atoms with Gasteiger partial charge in [-0.15, -0.1) is 13.2 Å². The van der Waals surface area contributed by atoms with Gasteiger partial charge in [0.25, 0.3) is 5.92 Å². The van der Waals surface area contributed by atoms with Crippen molar-refractivity contribution in [2.24, 2.45) is 35.5 Å². The first-order valence-corrected chi connectivity index (χ1v) is 13.6. The van der Waals surface area contributed by atoms with Crippen LogP contribution in [0.4, 0.5) is 48.3 Å². The van der Waals surface area contributed by atoms with Crippen LogP contribution < -0.4 is 0 Å². The van der Waals surface area contributed by atoms with Gasteiger partial charge in [-0.25, -0.2) is 35.1 Å². The molecule has 4 aliphatic carbocycles. The molecule has 0 bridgehead atoms. The lowest BCUT2D eigenvalue weighted by molar-refractivity contribution is -0.360. The Hall–Kier alpha value is -0.810. The largest absolute Gasteiger partial charge is 0.522 e. The molecule has 0 spiro atoms. The molecule has 4 saturated carbocycles. The summed E-state index contributed by atoms with van der Waals surface area (Å²) in [7, 11) is 0. The molecule has 0 heterocycles. The molecule has 12 heteroatoms. The Morgan fingerprint density at radius 1 is 0.526 bits per heavy atom. The molecule has 0 aromatic rings. The van der Waals surface area contributed by atoms with E-state index in [1.807, 2.05) is 0 Å². The predicted molar refractivity (Wildman–Crippen MR) is 117 cm³/mol. The van der Waals surface area contributed by atoms with Crippen LogP contribution in [0, 0.1) is 35.5 Å². The predicted octanol–water partition coefficient (Wildman–Crippen LogP) is 8.60. The molecule has 38 heavy (non-hydrogen) atoms. The summed E-state index contributed by atoms with van der Waals surface area (Å²) in [5.41, 5.74) is 0. The van der Waals surface area contributed by atoms with Crippen molar-refractivity contribution in [3.8, 4) is 0 Å². The van der Waals surface area contributed by atoms with Crippen LogP contribution in [0.1, 0.15) is 70.6 Å². The van der Waals surface area contributed by atoms with E-state index in [9.17, 15) is 26.3 Å². The zero-order valence-corrected chi connectivity index (χ0v) is 20.8. The lowest BCUT2D eigenvalue weighted by Gasteiger charge is -2.47. The van der Waals surface area contributed by atoms with Crippen molar-refractivity contribution in [1.82, 2.24) is 0 Å². The molecule has 0 aromatic carbocycles. The Morgan fingerprint density at radius 2 is 1.08 bits per heavy atom. The van der Waals surface area contributed by atoms with Gasteiger partial charge < -0.3 is 0 Å². The van der Waals surface area contributed by atoms with Crippen molar-refractivity contribution < 1.29 is 53.0 Å². The molecule has 0 amide bonds. The molecular formula is C26H35F11O. The van der Waals surface area contributed by atoms with Crippen molar-refractivity contribution in [1.29, 1.82) is 0 Å². The Kier molecular flexibility index (Phi) is 9.20. The van der Waals surface area contributed by atoms with Gasteiger partial charge in [0.2, 0.25) is 0 Å². The maximum Gasteiger partial charge on any atom is 0.522 e. The highest BCUT2D eigenvalue weighted by atomic mass is 19.4. The number of rotatable bonds is 5. The molecule has 4 rings (SSSR count). The van der Waals surface area contributed by atoms with Gasteiger partial charge in [0.1, 0.15) is 43.1 Å². The minimum absolute atomic E-state index is 0.0263. The Balaban J connectivity index is 1.36. The van der Waals surface area contributed by atoms with Crippen molar-refractivity contribution in [3.63, 3.8) is 0 Å². The first-order valence-electron chi connectivity index (χ1n) is 13.6. The minimum Gasteiger partial charge on any atom is -0.282 e. The third-order valence-electron chi connectivity index (χ3n) is 9.61. The van der Waals surface area contributed by atoms with Gasteiger partial charge in [0.05, 0.1) is 5.92 Å². The van der Waals surface area contributed by atoms with Crippen LogP contribution in [0.25, 0.3) is 0 Å².